The molecule has 3 rings (SSSR count). The van der Waals surface area contributed by atoms with Crippen LogP contribution in [0.4, 0.5) is 17.1 Å². The second-order valence-corrected chi connectivity index (χ2v) is 6.63. The molecule has 2 aromatic rings. The largest absolute Gasteiger partial charge is 0.463 e. The van der Waals surface area contributed by atoms with Crippen molar-refractivity contribution in [1.29, 1.82) is 0 Å². The van der Waals surface area contributed by atoms with E-state index >= 15 is 0 Å². The van der Waals surface area contributed by atoms with Crippen LogP contribution in [0.3, 0.4) is 0 Å². The predicted octanol–water partition coefficient (Wildman–Crippen LogP) is 2.20. The summed E-state index contributed by atoms with van der Waals surface area (Å²) in [6.45, 7) is 2.75. The molecule has 1 heterocycles. The number of nitrogen functional groups attached to an aromatic ring is 2. The number of anilines is 3. The zero-order valence-corrected chi connectivity index (χ0v) is 15.0. The average Bonchev–Trinajstić information content (AvgIpc) is 2.67. The molecule has 1 aliphatic rings. The first kappa shape index (κ1) is 18.4. The summed E-state index contributed by atoms with van der Waals surface area (Å²) < 4.78 is 5.61. The fraction of sp³-hybridized carbons (Fsp3) is 0.400. The number of hydrogen-bond donors (Lipinski definition) is 4. The van der Waals surface area contributed by atoms with Gasteiger partial charge < -0.3 is 31.5 Å². The van der Waals surface area contributed by atoms with Gasteiger partial charge in [-0.1, -0.05) is 24.3 Å². The highest BCUT2D eigenvalue weighted by atomic mass is 16.6. The van der Waals surface area contributed by atoms with Crippen LogP contribution >= 0.6 is 0 Å². The molecule has 26 heavy (non-hydrogen) atoms. The first-order valence-electron chi connectivity index (χ1n) is 9.16. The van der Waals surface area contributed by atoms with Crippen molar-refractivity contribution in [3.8, 4) is 5.75 Å². The third-order valence-electron chi connectivity index (χ3n) is 4.82. The predicted molar refractivity (Wildman–Crippen MR) is 106 cm³/mol. The lowest BCUT2D eigenvalue weighted by molar-refractivity contribution is -0.0209. The van der Waals surface area contributed by atoms with Crippen molar-refractivity contribution in [3.63, 3.8) is 0 Å². The molecule has 0 amide bonds. The van der Waals surface area contributed by atoms with Gasteiger partial charge in [0.2, 0.25) is 0 Å². The molecule has 6 heteroatoms. The Hall–Kier alpha value is -2.44. The molecule has 1 saturated heterocycles. The van der Waals surface area contributed by atoms with Gasteiger partial charge in [-0.25, -0.2) is 0 Å². The summed E-state index contributed by atoms with van der Waals surface area (Å²) in [6.07, 6.45) is 1.72. The molecule has 1 aliphatic heterocycles. The van der Waals surface area contributed by atoms with E-state index in [2.05, 4.69) is 22.3 Å². The van der Waals surface area contributed by atoms with Crippen molar-refractivity contribution in [2.45, 2.75) is 31.6 Å². The fourth-order valence-electron chi connectivity index (χ4n) is 3.38. The third-order valence-corrected chi connectivity index (χ3v) is 4.82. The molecule has 0 aromatic heterocycles. The van der Waals surface area contributed by atoms with Crippen LogP contribution in [0.5, 0.6) is 5.75 Å². The number of aliphatic hydroxyl groups excluding tert-OH is 1. The Morgan fingerprint density at radius 2 is 1.81 bits per heavy atom. The minimum Gasteiger partial charge on any atom is -0.463 e. The van der Waals surface area contributed by atoms with Crippen molar-refractivity contribution in [3.05, 3.63) is 48.5 Å². The summed E-state index contributed by atoms with van der Waals surface area (Å²) in [5.41, 5.74) is 13.7. The maximum Gasteiger partial charge on any atom is 0.199 e. The normalized spacial score (nSPS) is 16.2. The third kappa shape index (κ3) is 4.59. The SMILES string of the molecule is Nc1cccc(OC(O)CCN(c2ccccc2)C2CCNCC2)c1N. The van der Waals surface area contributed by atoms with Crippen LogP contribution in [0.15, 0.2) is 48.5 Å². The highest BCUT2D eigenvalue weighted by Gasteiger charge is 2.22. The molecule has 0 bridgehead atoms. The van der Waals surface area contributed by atoms with Gasteiger partial charge in [-0.2, -0.15) is 0 Å². The minimum absolute atomic E-state index is 0.366. The van der Waals surface area contributed by atoms with Crippen molar-refractivity contribution in [1.82, 2.24) is 5.32 Å². The highest BCUT2D eigenvalue weighted by Crippen LogP contribution is 2.28. The first-order chi connectivity index (χ1) is 12.6. The van der Waals surface area contributed by atoms with Crippen LogP contribution in [0.1, 0.15) is 19.3 Å². The molecule has 1 fully saturated rings. The maximum atomic E-state index is 10.4. The topological polar surface area (TPSA) is 96.8 Å². The fourth-order valence-corrected chi connectivity index (χ4v) is 3.38. The number of hydrogen-bond acceptors (Lipinski definition) is 6. The maximum absolute atomic E-state index is 10.4. The monoisotopic (exact) mass is 356 g/mol. The van der Waals surface area contributed by atoms with Crippen molar-refractivity contribution < 1.29 is 9.84 Å². The lowest BCUT2D eigenvalue weighted by Gasteiger charge is -2.37. The summed E-state index contributed by atoms with van der Waals surface area (Å²) in [5, 5.41) is 13.8. The van der Waals surface area contributed by atoms with Gasteiger partial charge >= 0.3 is 0 Å². The Bertz CT molecular complexity index is 689. The van der Waals surface area contributed by atoms with Gasteiger partial charge in [-0.15, -0.1) is 0 Å². The van der Waals surface area contributed by atoms with Crippen LogP contribution in [-0.2, 0) is 0 Å². The van der Waals surface area contributed by atoms with Gasteiger partial charge in [0, 0.05) is 24.7 Å². The van der Waals surface area contributed by atoms with Crippen LogP contribution in [0.2, 0.25) is 0 Å². The number of piperidine rings is 1. The van der Waals surface area contributed by atoms with Crippen LogP contribution in [0, 0.1) is 0 Å². The molecular weight excluding hydrogens is 328 g/mol. The van der Waals surface area contributed by atoms with Gasteiger partial charge in [-0.3, -0.25) is 0 Å². The van der Waals surface area contributed by atoms with Crippen LogP contribution in [0.25, 0.3) is 0 Å². The Morgan fingerprint density at radius 1 is 1.08 bits per heavy atom. The molecule has 1 atom stereocenters. The van der Waals surface area contributed by atoms with Gasteiger partial charge in [0.1, 0.15) is 5.75 Å². The van der Waals surface area contributed by atoms with Crippen LogP contribution < -0.4 is 26.4 Å². The zero-order chi connectivity index (χ0) is 18.4. The number of benzene rings is 2. The van der Waals surface area contributed by atoms with Crippen molar-refractivity contribution in [2.24, 2.45) is 0 Å². The molecule has 0 spiro atoms. The molecule has 140 valence electrons. The summed E-state index contributed by atoms with van der Waals surface area (Å²) in [4.78, 5) is 2.37. The highest BCUT2D eigenvalue weighted by molar-refractivity contribution is 5.70. The quantitative estimate of drug-likeness (QED) is 0.449. The summed E-state index contributed by atoms with van der Waals surface area (Å²) in [6, 6.07) is 16.0. The second-order valence-electron chi connectivity index (χ2n) is 6.63. The van der Waals surface area contributed by atoms with Gasteiger partial charge in [0.05, 0.1) is 11.4 Å². The standard InChI is InChI=1S/C20H28N4O2/c21-17-7-4-8-18(20(17)22)26-19(25)11-14-24(15-5-2-1-3-6-15)16-9-12-23-13-10-16/h1-8,16,19,23,25H,9-14,21-22H2. The number of nitrogens with zero attached hydrogens (tertiary/aromatic N) is 1. The van der Waals surface area contributed by atoms with E-state index in [-0.39, 0.29) is 0 Å². The Balaban J connectivity index is 1.64. The number of rotatable bonds is 7. The number of nitrogens with one attached hydrogen (secondary N) is 1. The molecule has 6 N–H and O–H groups in total. The average molecular weight is 356 g/mol. The first-order valence-corrected chi connectivity index (χ1v) is 9.16. The van der Waals surface area contributed by atoms with E-state index in [1.807, 2.05) is 18.2 Å². The number of ether oxygens (including phenoxy) is 1. The molecule has 0 saturated carbocycles. The Labute approximate surface area is 154 Å². The van der Waals surface area contributed by atoms with Gasteiger partial charge in [0.25, 0.3) is 0 Å². The lowest BCUT2D eigenvalue weighted by atomic mass is 10.0. The van der Waals surface area contributed by atoms with Crippen LogP contribution in [-0.4, -0.2) is 37.1 Å². The Morgan fingerprint density at radius 3 is 2.54 bits per heavy atom. The van der Waals surface area contributed by atoms with E-state index in [4.69, 9.17) is 16.2 Å². The molecule has 0 radical (unpaired) electrons. The number of nitrogens with two attached hydrogens (primary N) is 2. The van der Waals surface area contributed by atoms with Crippen molar-refractivity contribution in [2.75, 3.05) is 36.0 Å². The van der Waals surface area contributed by atoms with E-state index < -0.39 is 6.29 Å². The molecule has 1 unspecified atom stereocenters. The van der Waals surface area contributed by atoms with E-state index in [1.54, 1.807) is 18.2 Å². The molecule has 6 nitrogen and oxygen atoms in total. The molecule has 0 aliphatic carbocycles. The van der Waals surface area contributed by atoms with Gasteiger partial charge in [0.15, 0.2) is 6.29 Å². The van der Waals surface area contributed by atoms with Gasteiger partial charge in [-0.05, 0) is 50.2 Å². The van der Waals surface area contributed by atoms with E-state index in [1.165, 1.54) is 5.69 Å². The summed E-state index contributed by atoms with van der Waals surface area (Å²) >= 11 is 0. The smallest absolute Gasteiger partial charge is 0.199 e. The number of para-hydroxylation sites is 2. The zero-order valence-electron chi connectivity index (χ0n) is 15.0. The van der Waals surface area contributed by atoms with Crippen molar-refractivity contribution >= 4 is 17.1 Å². The molecule has 2 aromatic carbocycles. The van der Waals surface area contributed by atoms with E-state index in [9.17, 15) is 5.11 Å². The van der Waals surface area contributed by atoms with E-state index in [0.717, 1.165) is 25.9 Å². The summed E-state index contributed by atoms with van der Waals surface area (Å²) in [7, 11) is 0. The molecular formula is C20H28N4O2. The minimum atomic E-state index is -0.938. The summed E-state index contributed by atoms with van der Waals surface area (Å²) in [5.74, 6) is 0.422. The van der Waals surface area contributed by atoms with E-state index in [0.29, 0.717) is 36.1 Å². The second kappa shape index (κ2) is 8.78. The Kier molecular flexibility index (Phi) is 6.20. The number of aliphatic hydroxyl groups is 1. The lowest BCUT2D eigenvalue weighted by Crippen LogP contribution is -2.44.